The summed E-state index contributed by atoms with van der Waals surface area (Å²) in [7, 11) is -1.39. The Morgan fingerprint density at radius 3 is 2.15 bits per heavy atom. The lowest BCUT2D eigenvalue weighted by Gasteiger charge is -2.22. The average molecular weight is 360 g/mol. The number of nitrogens with zero attached hydrogens (tertiary/aromatic N) is 1. The molecule has 0 atom stereocenters. The van der Waals surface area contributed by atoms with Crippen molar-refractivity contribution in [2.75, 3.05) is 0 Å². The van der Waals surface area contributed by atoms with Crippen molar-refractivity contribution < 1.29 is 0 Å². The van der Waals surface area contributed by atoms with E-state index < -0.39 is 8.07 Å². The molecule has 0 spiro atoms. The molecule has 2 heteroatoms. The van der Waals surface area contributed by atoms with Gasteiger partial charge in [0.15, 0.2) is 0 Å². The zero-order valence-corrected chi connectivity index (χ0v) is 17.4. The highest BCUT2D eigenvalue weighted by atomic mass is 28.3. The minimum atomic E-state index is -1.39. The predicted octanol–water partition coefficient (Wildman–Crippen LogP) is 6.30. The number of unbranched alkanes of at least 4 members (excludes halogenated alkanes) is 1. The van der Waals surface area contributed by atoms with Crippen LogP contribution < -0.4 is 5.19 Å². The van der Waals surface area contributed by atoms with E-state index in [0.717, 1.165) is 12.1 Å². The lowest BCUT2D eigenvalue weighted by Crippen LogP contribution is -2.40. The third-order valence-electron chi connectivity index (χ3n) is 4.89. The predicted molar refractivity (Wildman–Crippen MR) is 117 cm³/mol. The largest absolute Gasteiger partial charge is 0.256 e. The van der Waals surface area contributed by atoms with E-state index in [1.54, 1.807) is 0 Å². The molecule has 134 valence electrons. The van der Waals surface area contributed by atoms with E-state index in [9.17, 15) is 0 Å². The first kappa shape index (κ1) is 18.6. The minimum absolute atomic E-state index is 1.09. The first-order chi connectivity index (χ1) is 12.5. The van der Waals surface area contributed by atoms with Gasteiger partial charge in [0.2, 0.25) is 0 Å². The highest BCUT2D eigenvalue weighted by Gasteiger charge is 2.21. The second-order valence-electron chi connectivity index (χ2n) is 7.99. The molecule has 0 amide bonds. The summed E-state index contributed by atoms with van der Waals surface area (Å²) in [5.74, 6) is 0. The second-order valence-corrected chi connectivity index (χ2v) is 13.0. The van der Waals surface area contributed by atoms with Crippen molar-refractivity contribution in [2.24, 2.45) is 0 Å². The highest BCUT2D eigenvalue weighted by molar-refractivity contribution is 6.89. The van der Waals surface area contributed by atoms with Crippen molar-refractivity contribution >= 4 is 13.3 Å². The smallest absolute Gasteiger partial charge is 0.0799 e. The number of hydrogen-bond donors (Lipinski definition) is 0. The minimum Gasteiger partial charge on any atom is -0.256 e. The monoisotopic (exact) mass is 359 g/mol. The Labute approximate surface area is 159 Å². The Morgan fingerprint density at radius 2 is 1.50 bits per heavy atom. The summed E-state index contributed by atoms with van der Waals surface area (Å²) in [6.45, 7) is 9.51. The summed E-state index contributed by atoms with van der Waals surface area (Å²) >= 11 is 0. The van der Waals surface area contributed by atoms with Gasteiger partial charge in [0, 0.05) is 11.8 Å². The van der Waals surface area contributed by atoms with Gasteiger partial charge >= 0.3 is 0 Å². The lowest BCUT2D eigenvalue weighted by atomic mass is 9.96. The highest BCUT2D eigenvalue weighted by Crippen LogP contribution is 2.31. The SMILES string of the molecule is CCCCc1cc(-c2ccccc2-c2ccccc2)ncc1[Si](C)(C)C. The van der Waals surface area contributed by atoms with Crippen LogP contribution in [0, 0.1) is 0 Å². The van der Waals surface area contributed by atoms with Gasteiger partial charge in [0.05, 0.1) is 13.8 Å². The molecule has 0 radical (unpaired) electrons. The van der Waals surface area contributed by atoms with Gasteiger partial charge in [-0.05, 0) is 40.8 Å². The third-order valence-corrected chi connectivity index (χ3v) is 6.95. The fourth-order valence-corrected chi connectivity index (χ4v) is 5.08. The Bertz CT molecular complexity index is 863. The molecule has 0 aliphatic heterocycles. The molecular formula is C24H29NSi. The molecule has 0 fully saturated rings. The van der Waals surface area contributed by atoms with Crippen molar-refractivity contribution in [1.29, 1.82) is 0 Å². The van der Waals surface area contributed by atoms with Crippen LogP contribution in [-0.2, 0) is 6.42 Å². The Hall–Kier alpha value is -2.19. The van der Waals surface area contributed by atoms with Gasteiger partial charge in [-0.3, -0.25) is 4.98 Å². The standard InChI is InChI=1S/C24H29NSi/c1-5-6-12-20-17-23(25-18-24(20)26(2,3)4)22-16-11-10-15-21(22)19-13-8-7-9-14-19/h7-11,13-18H,5-6,12H2,1-4H3. The quantitative estimate of drug-likeness (QED) is 0.470. The second kappa shape index (κ2) is 8.01. The van der Waals surface area contributed by atoms with Crippen LogP contribution in [0.2, 0.25) is 19.6 Å². The van der Waals surface area contributed by atoms with E-state index in [-0.39, 0.29) is 0 Å². The van der Waals surface area contributed by atoms with Crippen LogP contribution in [0.1, 0.15) is 25.3 Å². The van der Waals surface area contributed by atoms with E-state index in [2.05, 4.69) is 93.4 Å². The summed E-state index contributed by atoms with van der Waals surface area (Å²) in [6.07, 6.45) is 5.78. The molecule has 0 saturated heterocycles. The Kier molecular flexibility index (Phi) is 5.73. The number of aryl methyl sites for hydroxylation is 1. The third kappa shape index (κ3) is 4.13. The van der Waals surface area contributed by atoms with Gasteiger partial charge < -0.3 is 0 Å². The van der Waals surface area contributed by atoms with Crippen molar-refractivity contribution in [3.05, 3.63) is 72.4 Å². The van der Waals surface area contributed by atoms with E-state index in [0.29, 0.717) is 0 Å². The normalized spacial score (nSPS) is 11.5. The van der Waals surface area contributed by atoms with Crippen LogP contribution in [0.15, 0.2) is 66.9 Å². The molecule has 0 bridgehead atoms. The Balaban J connectivity index is 2.11. The van der Waals surface area contributed by atoms with E-state index in [4.69, 9.17) is 4.98 Å². The zero-order chi connectivity index (χ0) is 18.6. The number of rotatable bonds is 6. The zero-order valence-electron chi connectivity index (χ0n) is 16.4. The van der Waals surface area contributed by atoms with Gasteiger partial charge in [-0.2, -0.15) is 0 Å². The lowest BCUT2D eigenvalue weighted by molar-refractivity contribution is 0.796. The maximum absolute atomic E-state index is 4.91. The van der Waals surface area contributed by atoms with Gasteiger partial charge in [0.1, 0.15) is 0 Å². The summed E-state index contributed by atoms with van der Waals surface area (Å²) < 4.78 is 0. The molecule has 0 aliphatic carbocycles. The molecule has 3 rings (SSSR count). The summed E-state index contributed by atoms with van der Waals surface area (Å²) in [6, 6.07) is 21.6. The topological polar surface area (TPSA) is 12.9 Å². The molecule has 0 N–H and O–H groups in total. The van der Waals surface area contributed by atoms with Gasteiger partial charge in [-0.1, -0.05) is 87.6 Å². The fourth-order valence-electron chi connectivity index (χ4n) is 3.47. The molecule has 1 aromatic heterocycles. The van der Waals surface area contributed by atoms with Crippen LogP contribution in [0.5, 0.6) is 0 Å². The maximum atomic E-state index is 4.91. The number of hydrogen-bond acceptors (Lipinski definition) is 1. The molecular weight excluding hydrogens is 330 g/mol. The number of benzene rings is 2. The number of pyridine rings is 1. The van der Waals surface area contributed by atoms with Crippen LogP contribution in [0.3, 0.4) is 0 Å². The van der Waals surface area contributed by atoms with E-state index >= 15 is 0 Å². The maximum Gasteiger partial charge on any atom is 0.0799 e. The first-order valence-corrected chi connectivity index (χ1v) is 13.1. The van der Waals surface area contributed by atoms with Crippen molar-refractivity contribution in [3.63, 3.8) is 0 Å². The van der Waals surface area contributed by atoms with Crippen molar-refractivity contribution in [2.45, 2.75) is 45.8 Å². The molecule has 0 aliphatic rings. The summed E-state index contributed by atoms with van der Waals surface area (Å²) in [5, 5.41) is 1.51. The number of aromatic nitrogens is 1. The van der Waals surface area contributed by atoms with Gasteiger partial charge in [0.25, 0.3) is 0 Å². The molecule has 3 aromatic rings. The first-order valence-electron chi connectivity index (χ1n) is 9.65. The molecule has 26 heavy (non-hydrogen) atoms. The van der Waals surface area contributed by atoms with Crippen molar-refractivity contribution in [3.8, 4) is 22.4 Å². The average Bonchev–Trinajstić information content (AvgIpc) is 2.66. The molecule has 0 saturated carbocycles. The molecule has 1 heterocycles. The molecule has 0 unspecified atom stereocenters. The summed E-state index contributed by atoms with van der Waals surface area (Å²) in [5.41, 5.74) is 6.31. The van der Waals surface area contributed by atoms with Crippen LogP contribution in [0.25, 0.3) is 22.4 Å². The van der Waals surface area contributed by atoms with Gasteiger partial charge in [-0.25, -0.2) is 0 Å². The van der Waals surface area contributed by atoms with Crippen LogP contribution in [-0.4, -0.2) is 13.1 Å². The van der Waals surface area contributed by atoms with Crippen LogP contribution >= 0.6 is 0 Å². The van der Waals surface area contributed by atoms with Gasteiger partial charge in [-0.15, -0.1) is 0 Å². The Morgan fingerprint density at radius 1 is 0.846 bits per heavy atom. The molecule has 2 aromatic carbocycles. The van der Waals surface area contributed by atoms with E-state index in [1.807, 2.05) is 0 Å². The van der Waals surface area contributed by atoms with Crippen molar-refractivity contribution in [1.82, 2.24) is 4.98 Å². The van der Waals surface area contributed by atoms with Crippen LogP contribution in [0.4, 0.5) is 0 Å². The summed E-state index contributed by atoms with van der Waals surface area (Å²) in [4.78, 5) is 4.91. The van der Waals surface area contributed by atoms with E-state index in [1.165, 1.54) is 40.3 Å². The fraction of sp³-hybridized carbons (Fsp3) is 0.292. The molecule has 1 nitrogen and oxygen atoms in total.